The van der Waals surface area contributed by atoms with E-state index in [2.05, 4.69) is 30.5 Å². The van der Waals surface area contributed by atoms with Gasteiger partial charge in [0.15, 0.2) is 0 Å². The number of rotatable bonds is 5. The molecule has 5 nitrogen and oxygen atoms in total. The Morgan fingerprint density at radius 3 is 2.21 bits per heavy atom. The van der Waals surface area contributed by atoms with Crippen molar-refractivity contribution in [1.29, 1.82) is 0 Å². The van der Waals surface area contributed by atoms with Gasteiger partial charge in [-0.1, -0.05) is 44.5 Å². The van der Waals surface area contributed by atoms with Gasteiger partial charge in [0.1, 0.15) is 6.10 Å². The standard InChI is InChI=1S/C22H23ClN2O3S/c1-22(2,3)16-4-7-18(8-5-16)29(27,28)25-20-9-6-17(23)14-19(20)21(26)15-10-12-24-13-11-15/h4-14,21,25-26H,1-3H3. The van der Waals surface area contributed by atoms with Crippen LogP contribution in [0.2, 0.25) is 5.02 Å². The first kappa shape index (κ1) is 21.3. The Balaban J connectivity index is 1.95. The van der Waals surface area contributed by atoms with E-state index in [1.807, 2.05) is 12.1 Å². The van der Waals surface area contributed by atoms with Crippen LogP contribution < -0.4 is 4.72 Å². The lowest BCUT2D eigenvalue weighted by Gasteiger charge is -2.20. The molecule has 0 aliphatic heterocycles. The van der Waals surface area contributed by atoms with E-state index in [0.29, 0.717) is 16.1 Å². The molecule has 1 atom stereocenters. The van der Waals surface area contributed by atoms with Gasteiger partial charge in [0, 0.05) is 23.0 Å². The average molecular weight is 431 g/mol. The highest BCUT2D eigenvalue weighted by Gasteiger charge is 2.21. The summed E-state index contributed by atoms with van der Waals surface area (Å²) < 4.78 is 28.4. The molecule has 0 radical (unpaired) electrons. The number of anilines is 1. The predicted octanol–water partition coefficient (Wildman–Crippen LogP) is 4.92. The van der Waals surface area contributed by atoms with Crippen LogP contribution in [0.15, 0.2) is 71.9 Å². The molecule has 0 aliphatic carbocycles. The lowest BCUT2D eigenvalue weighted by molar-refractivity contribution is 0.221. The van der Waals surface area contributed by atoms with Crippen molar-refractivity contribution in [3.63, 3.8) is 0 Å². The fraction of sp³-hybridized carbons (Fsp3) is 0.227. The second-order valence-corrected chi connectivity index (χ2v) is 9.91. The third kappa shape index (κ3) is 4.96. The van der Waals surface area contributed by atoms with E-state index in [4.69, 9.17) is 11.6 Å². The van der Waals surface area contributed by atoms with Crippen LogP contribution in [0.25, 0.3) is 0 Å². The molecule has 0 aliphatic rings. The van der Waals surface area contributed by atoms with Crippen LogP contribution >= 0.6 is 11.6 Å². The second kappa shape index (κ2) is 8.14. The van der Waals surface area contributed by atoms with Gasteiger partial charge in [-0.25, -0.2) is 8.42 Å². The molecule has 7 heteroatoms. The number of aliphatic hydroxyl groups excluding tert-OH is 1. The summed E-state index contributed by atoms with van der Waals surface area (Å²) in [7, 11) is -3.84. The molecule has 1 aromatic heterocycles. The molecule has 0 fully saturated rings. The largest absolute Gasteiger partial charge is 0.384 e. The molecular weight excluding hydrogens is 408 g/mol. The van der Waals surface area contributed by atoms with E-state index >= 15 is 0 Å². The van der Waals surface area contributed by atoms with E-state index in [1.54, 1.807) is 54.9 Å². The number of hydrogen-bond acceptors (Lipinski definition) is 4. The van der Waals surface area contributed by atoms with Gasteiger partial charge in [-0.2, -0.15) is 0 Å². The normalized spacial score (nSPS) is 13.1. The van der Waals surface area contributed by atoms with Crippen molar-refractivity contribution in [2.75, 3.05) is 4.72 Å². The Labute approximate surface area is 176 Å². The Bertz CT molecular complexity index is 1090. The zero-order chi connectivity index (χ0) is 21.2. The third-order valence-electron chi connectivity index (χ3n) is 4.61. The molecule has 1 heterocycles. The smallest absolute Gasteiger partial charge is 0.261 e. The molecule has 29 heavy (non-hydrogen) atoms. The summed E-state index contributed by atoms with van der Waals surface area (Å²) in [6.45, 7) is 6.19. The molecule has 0 saturated heterocycles. The Kier molecular flexibility index (Phi) is 5.98. The molecule has 0 bridgehead atoms. The van der Waals surface area contributed by atoms with Gasteiger partial charge < -0.3 is 5.11 Å². The van der Waals surface area contributed by atoms with Crippen LogP contribution in [0.3, 0.4) is 0 Å². The molecule has 0 amide bonds. The number of halogens is 1. The minimum atomic E-state index is -3.84. The van der Waals surface area contributed by atoms with Gasteiger partial charge in [0.25, 0.3) is 10.0 Å². The number of aromatic nitrogens is 1. The summed E-state index contributed by atoms with van der Waals surface area (Å²) in [4.78, 5) is 4.08. The topological polar surface area (TPSA) is 79.3 Å². The minimum absolute atomic E-state index is 0.0757. The van der Waals surface area contributed by atoms with Gasteiger partial charge in [0.05, 0.1) is 10.6 Å². The first-order valence-electron chi connectivity index (χ1n) is 9.09. The molecule has 0 spiro atoms. The zero-order valence-electron chi connectivity index (χ0n) is 16.4. The highest BCUT2D eigenvalue weighted by Crippen LogP contribution is 2.32. The number of benzene rings is 2. The third-order valence-corrected chi connectivity index (χ3v) is 6.22. The summed E-state index contributed by atoms with van der Waals surface area (Å²) in [6, 6.07) is 14.8. The molecule has 2 aromatic carbocycles. The molecule has 3 aromatic rings. The minimum Gasteiger partial charge on any atom is -0.384 e. The zero-order valence-corrected chi connectivity index (χ0v) is 18.0. The lowest BCUT2D eigenvalue weighted by Crippen LogP contribution is -2.16. The summed E-state index contributed by atoms with van der Waals surface area (Å²) in [5.74, 6) is 0. The van der Waals surface area contributed by atoms with Gasteiger partial charge in [-0.15, -0.1) is 0 Å². The maximum atomic E-state index is 12.9. The molecule has 0 saturated carbocycles. The van der Waals surface area contributed by atoms with Crippen LogP contribution in [-0.4, -0.2) is 18.5 Å². The van der Waals surface area contributed by atoms with Crippen molar-refractivity contribution in [1.82, 2.24) is 4.98 Å². The Morgan fingerprint density at radius 2 is 1.62 bits per heavy atom. The summed E-state index contributed by atoms with van der Waals surface area (Å²) in [5, 5.41) is 11.2. The number of nitrogens with zero attached hydrogens (tertiary/aromatic N) is 1. The fourth-order valence-electron chi connectivity index (χ4n) is 2.92. The number of sulfonamides is 1. The predicted molar refractivity (Wildman–Crippen MR) is 116 cm³/mol. The Morgan fingerprint density at radius 1 is 1.00 bits per heavy atom. The van der Waals surface area contributed by atoms with E-state index in [0.717, 1.165) is 5.56 Å². The van der Waals surface area contributed by atoms with Gasteiger partial charge >= 0.3 is 0 Å². The monoisotopic (exact) mass is 430 g/mol. The van der Waals surface area contributed by atoms with Crippen LogP contribution in [0.5, 0.6) is 0 Å². The number of pyridine rings is 1. The highest BCUT2D eigenvalue weighted by molar-refractivity contribution is 7.92. The first-order chi connectivity index (χ1) is 13.6. The van der Waals surface area contributed by atoms with Gasteiger partial charge in [-0.3, -0.25) is 9.71 Å². The first-order valence-corrected chi connectivity index (χ1v) is 10.9. The fourth-order valence-corrected chi connectivity index (χ4v) is 4.18. The maximum absolute atomic E-state index is 12.9. The highest BCUT2D eigenvalue weighted by atomic mass is 35.5. The summed E-state index contributed by atoms with van der Waals surface area (Å²) >= 11 is 6.10. The summed E-state index contributed by atoms with van der Waals surface area (Å²) in [5.41, 5.74) is 2.17. The lowest BCUT2D eigenvalue weighted by atomic mass is 9.87. The van der Waals surface area contributed by atoms with E-state index in [9.17, 15) is 13.5 Å². The average Bonchev–Trinajstić information content (AvgIpc) is 2.69. The van der Waals surface area contributed by atoms with Crippen molar-refractivity contribution in [3.8, 4) is 0 Å². The van der Waals surface area contributed by atoms with Crippen molar-refractivity contribution < 1.29 is 13.5 Å². The maximum Gasteiger partial charge on any atom is 0.261 e. The van der Waals surface area contributed by atoms with E-state index in [1.165, 1.54) is 0 Å². The van der Waals surface area contributed by atoms with Crippen LogP contribution in [0, 0.1) is 0 Å². The molecular formula is C22H23ClN2O3S. The summed E-state index contributed by atoms with van der Waals surface area (Å²) in [6.07, 6.45) is 2.06. The number of hydrogen-bond donors (Lipinski definition) is 2. The Hall–Kier alpha value is -2.41. The molecule has 2 N–H and O–H groups in total. The van der Waals surface area contributed by atoms with Crippen molar-refractivity contribution in [3.05, 3.63) is 88.7 Å². The van der Waals surface area contributed by atoms with Crippen LogP contribution in [0.4, 0.5) is 5.69 Å². The van der Waals surface area contributed by atoms with Gasteiger partial charge in [0.2, 0.25) is 0 Å². The molecule has 152 valence electrons. The molecule has 3 rings (SSSR count). The second-order valence-electron chi connectivity index (χ2n) is 7.79. The van der Waals surface area contributed by atoms with Crippen LogP contribution in [-0.2, 0) is 15.4 Å². The van der Waals surface area contributed by atoms with Crippen LogP contribution in [0.1, 0.15) is 43.6 Å². The molecule has 1 unspecified atom stereocenters. The van der Waals surface area contributed by atoms with Crippen molar-refractivity contribution >= 4 is 27.3 Å². The number of aliphatic hydroxyl groups is 1. The van der Waals surface area contributed by atoms with Crippen molar-refractivity contribution in [2.24, 2.45) is 0 Å². The quantitative estimate of drug-likeness (QED) is 0.602. The SMILES string of the molecule is CC(C)(C)c1ccc(S(=O)(=O)Nc2ccc(Cl)cc2C(O)c2ccncc2)cc1. The van der Waals surface area contributed by atoms with Crippen molar-refractivity contribution in [2.45, 2.75) is 37.2 Å². The van der Waals surface area contributed by atoms with E-state index < -0.39 is 16.1 Å². The number of nitrogens with one attached hydrogen (secondary N) is 1. The van der Waals surface area contributed by atoms with Gasteiger partial charge in [-0.05, 0) is 59.0 Å². The van der Waals surface area contributed by atoms with E-state index in [-0.39, 0.29) is 16.0 Å².